The van der Waals surface area contributed by atoms with Gasteiger partial charge in [-0.05, 0) is 28.5 Å². The van der Waals surface area contributed by atoms with Crippen LogP contribution in [0.4, 0.5) is 0 Å². The van der Waals surface area contributed by atoms with Gasteiger partial charge in [0.25, 0.3) is 5.91 Å². The van der Waals surface area contributed by atoms with Gasteiger partial charge >= 0.3 is 0 Å². The summed E-state index contributed by atoms with van der Waals surface area (Å²) in [6, 6.07) is 8.38. The summed E-state index contributed by atoms with van der Waals surface area (Å²) in [5.41, 5.74) is 2.47. The Kier molecular flexibility index (Phi) is 5.13. The van der Waals surface area contributed by atoms with Gasteiger partial charge in [-0.3, -0.25) is 9.69 Å². The quantitative estimate of drug-likeness (QED) is 0.583. The van der Waals surface area contributed by atoms with Crippen LogP contribution in [0.3, 0.4) is 0 Å². The maximum Gasteiger partial charge on any atom is 0.266 e. The second-order valence-corrected chi connectivity index (χ2v) is 8.73. The maximum absolute atomic E-state index is 12.4. The van der Waals surface area contributed by atoms with Gasteiger partial charge in [0.15, 0.2) is 0 Å². The first-order valence-corrected chi connectivity index (χ1v) is 8.77. The molecule has 118 valence electrons. The molecule has 2 nitrogen and oxygen atoms in total. The van der Waals surface area contributed by atoms with Gasteiger partial charge in [-0.2, -0.15) is 0 Å². The standard InChI is InChI=1S/C18H23NOS2/c1-12(2)11-19-16(20)15(22-17(19)21)10-13-6-8-14(9-7-13)18(3,4)5/h6-10,12H,11H2,1-5H3/b15-10-. The van der Waals surface area contributed by atoms with Gasteiger partial charge in [-0.15, -0.1) is 0 Å². The minimum atomic E-state index is 0.0311. The fourth-order valence-electron chi connectivity index (χ4n) is 2.25. The van der Waals surface area contributed by atoms with Gasteiger partial charge in [-0.1, -0.05) is 82.9 Å². The molecule has 0 aromatic heterocycles. The molecular formula is C18H23NOS2. The average Bonchev–Trinajstić information content (AvgIpc) is 2.66. The summed E-state index contributed by atoms with van der Waals surface area (Å²) in [5, 5.41) is 0. The molecular weight excluding hydrogens is 310 g/mol. The molecule has 0 unspecified atom stereocenters. The SMILES string of the molecule is CC(C)CN1C(=O)/C(=C/c2ccc(C(C)(C)C)cc2)SC1=S. The van der Waals surface area contributed by atoms with Crippen LogP contribution < -0.4 is 0 Å². The predicted octanol–water partition coefficient (Wildman–Crippen LogP) is 4.84. The Hall–Kier alpha value is -1.13. The molecule has 1 aliphatic rings. The van der Waals surface area contributed by atoms with E-state index in [1.54, 1.807) is 4.90 Å². The molecule has 22 heavy (non-hydrogen) atoms. The van der Waals surface area contributed by atoms with E-state index in [0.29, 0.717) is 21.7 Å². The Morgan fingerprint density at radius 3 is 2.32 bits per heavy atom. The van der Waals surface area contributed by atoms with Gasteiger partial charge in [-0.25, -0.2) is 0 Å². The molecule has 0 spiro atoms. The molecule has 0 saturated carbocycles. The molecule has 4 heteroatoms. The number of hydrogen-bond acceptors (Lipinski definition) is 3. The van der Waals surface area contributed by atoms with Gasteiger partial charge in [0, 0.05) is 6.54 Å². The van der Waals surface area contributed by atoms with E-state index >= 15 is 0 Å². The minimum absolute atomic E-state index is 0.0311. The summed E-state index contributed by atoms with van der Waals surface area (Å²) in [6.45, 7) is 11.4. The molecule has 1 fully saturated rings. The Morgan fingerprint density at radius 1 is 1.23 bits per heavy atom. The Labute approximate surface area is 143 Å². The third-order valence-corrected chi connectivity index (χ3v) is 4.87. The molecule has 1 aromatic carbocycles. The fourth-order valence-corrected chi connectivity index (χ4v) is 3.53. The van der Waals surface area contributed by atoms with Crippen LogP contribution in [0.1, 0.15) is 45.7 Å². The van der Waals surface area contributed by atoms with Crippen LogP contribution in [0.25, 0.3) is 6.08 Å². The zero-order chi connectivity index (χ0) is 16.5. The van der Waals surface area contributed by atoms with Gasteiger partial charge in [0.05, 0.1) is 4.91 Å². The first-order chi connectivity index (χ1) is 10.2. The van der Waals surface area contributed by atoms with Crippen molar-refractivity contribution in [1.82, 2.24) is 4.90 Å². The lowest BCUT2D eigenvalue weighted by atomic mass is 9.87. The van der Waals surface area contributed by atoms with Crippen LogP contribution in [-0.4, -0.2) is 21.7 Å². The summed E-state index contributed by atoms with van der Waals surface area (Å²) < 4.78 is 0.663. The van der Waals surface area contributed by atoms with E-state index in [0.717, 1.165) is 5.56 Å². The van der Waals surface area contributed by atoms with E-state index in [-0.39, 0.29) is 11.3 Å². The second kappa shape index (κ2) is 6.55. The van der Waals surface area contributed by atoms with Crippen LogP contribution in [0.5, 0.6) is 0 Å². The molecule has 0 atom stereocenters. The Bertz CT molecular complexity index is 609. The smallest absolute Gasteiger partial charge is 0.266 e. The lowest BCUT2D eigenvalue weighted by Gasteiger charge is -2.18. The molecule has 1 amide bonds. The van der Waals surface area contributed by atoms with Crippen molar-refractivity contribution < 1.29 is 4.79 Å². The Morgan fingerprint density at radius 2 is 1.82 bits per heavy atom. The number of benzene rings is 1. The van der Waals surface area contributed by atoms with Crippen molar-refractivity contribution in [2.75, 3.05) is 6.54 Å². The number of nitrogens with zero attached hydrogens (tertiary/aromatic N) is 1. The van der Waals surface area contributed by atoms with Gasteiger partial charge < -0.3 is 0 Å². The lowest BCUT2D eigenvalue weighted by Crippen LogP contribution is -2.31. The first kappa shape index (κ1) is 17.2. The number of thiocarbonyl (C=S) groups is 1. The molecule has 0 bridgehead atoms. The first-order valence-electron chi connectivity index (χ1n) is 7.54. The largest absolute Gasteiger partial charge is 0.293 e. The molecule has 1 heterocycles. The summed E-state index contributed by atoms with van der Waals surface area (Å²) in [6.07, 6.45) is 1.94. The van der Waals surface area contributed by atoms with Crippen LogP contribution in [-0.2, 0) is 10.2 Å². The molecule has 1 saturated heterocycles. The third-order valence-electron chi connectivity index (χ3n) is 3.50. The zero-order valence-electron chi connectivity index (χ0n) is 13.8. The van der Waals surface area contributed by atoms with E-state index in [9.17, 15) is 4.79 Å². The normalized spacial score (nSPS) is 17.9. The molecule has 1 aromatic rings. The number of thioether (sulfide) groups is 1. The fraction of sp³-hybridized carbons (Fsp3) is 0.444. The number of carbonyl (C=O) groups is 1. The highest BCUT2D eigenvalue weighted by Crippen LogP contribution is 2.33. The maximum atomic E-state index is 12.4. The third kappa shape index (κ3) is 3.99. The van der Waals surface area contributed by atoms with E-state index in [1.807, 2.05) is 6.08 Å². The number of rotatable bonds is 3. The van der Waals surface area contributed by atoms with Crippen LogP contribution >= 0.6 is 24.0 Å². The molecule has 0 radical (unpaired) electrons. The highest BCUT2D eigenvalue weighted by molar-refractivity contribution is 8.26. The van der Waals surface area contributed by atoms with Crippen LogP contribution in [0, 0.1) is 5.92 Å². The van der Waals surface area contributed by atoms with E-state index in [1.165, 1.54) is 17.3 Å². The minimum Gasteiger partial charge on any atom is -0.293 e. The van der Waals surface area contributed by atoms with Crippen molar-refractivity contribution in [3.8, 4) is 0 Å². The van der Waals surface area contributed by atoms with Crippen molar-refractivity contribution in [2.24, 2.45) is 5.92 Å². The molecule has 0 N–H and O–H groups in total. The highest BCUT2D eigenvalue weighted by Gasteiger charge is 2.32. The van der Waals surface area contributed by atoms with E-state index in [4.69, 9.17) is 12.2 Å². The lowest BCUT2D eigenvalue weighted by molar-refractivity contribution is -0.122. The molecule has 2 rings (SSSR count). The van der Waals surface area contributed by atoms with Crippen molar-refractivity contribution in [1.29, 1.82) is 0 Å². The highest BCUT2D eigenvalue weighted by atomic mass is 32.2. The summed E-state index contributed by atoms with van der Waals surface area (Å²) in [7, 11) is 0. The van der Waals surface area contributed by atoms with E-state index in [2.05, 4.69) is 58.9 Å². The predicted molar refractivity (Wildman–Crippen MR) is 99.9 cm³/mol. The number of hydrogen-bond donors (Lipinski definition) is 0. The molecule has 1 aliphatic heterocycles. The van der Waals surface area contributed by atoms with Crippen molar-refractivity contribution in [3.05, 3.63) is 40.3 Å². The number of carbonyl (C=O) groups excluding carboxylic acids is 1. The monoisotopic (exact) mass is 333 g/mol. The Balaban J connectivity index is 2.20. The van der Waals surface area contributed by atoms with E-state index < -0.39 is 0 Å². The van der Waals surface area contributed by atoms with Crippen LogP contribution in [0.2, 0.25) is 0 Å². The summed E-state index contributed by atoms with van der Waals surface area (Å²) >= 11 is 6.72. The average molecular weight is 334 g/mol. The van der Waals surface area contributed by atoms with Crippen LogP contribution in [0.15, 0.2) is 29.2 Å². The van der Waals surface area contributed by atoms with Crippen molar-refractivity contribution >= 4 is 40.3 Å². The zero-order valence-corrected chi connectivity index (χ0v) is 15.5. The van der Waals surface area contributed by atoms with Crippen molar-refractivity contribution in [3.63, 3.8) is 0 Å². The van der Waals surface area contributed by atoms with Gasteiger partial charge in [0.2, 0.25) is 0 Å². The van der Waals surface area contributed by atoms with Crippen molar-refractivity contribution in [2.45, 2.75) is 40.0 Å². The summed E-state index contributed by atoms with van der Waals surface area (Å²) in [4.78, 5) is 14.9. The summed E-state index contributed by atoms with van der Waals surface area (Å²) in [5.74, 6) is 0.441. The van der Waals surface area contributed by atoms with Gasteiger partial charge in [0.1, 0.15) is 4.32 Å². The second-order valence-electron chi connectivity index (χ2n) is 7.06. The molecule has 0 aliphatic carbocycles. The topological polar surface area (TPSA) is 20.3 Å². The number of amides is 1.